The number of carbonyl (C=O) groups is 2. The first-order valence-electron chi connectivity index (χ1n) is 10.4. The number of benzene rings is 1. The van der Waals surface area contributed by atoms with Crippen LogP contribution >= 0.6 is 0 Å². The maximum atomic E-state index is 14.0. The number of nitrogens with one attached hydrogen (secondary N) is 2. The fourth-order valence-corrected chi connectivity index (χ4v) is 3.46. The van der Waals surface area contributed by atoms with Crippen LogP contribution in [0.5, 0.6) is 5.75 Å². The molecule has 0 aliphatic rings. The lowest BCUT2D eigenvalue weighted by atomic mass is 10.0. The van der Waals surface area contributed by atoms with Gasteiger partial charge in [-0.3, -0.25) is 9.20 Å². The van der Waals surface area contributed by atoms with Gasteiger partial charge in [-0.05, 0) is 43.5 Å². The number of carboxylic acid groups (broad SMARTS) is 1. The third-order valence-corrected chi connectivity index (χ3v) is 5.24. The normalized spacial score (nSPS) is 12.1. The predicted octanol–water partition coefficient (Wildman–Crippen LogP) is 3.83. The van der Waals surface area contributed by atoms with Crippen molar-refractivity contribution in [3.05, 3.63) is 64.6 Å². The van der Waals surface area contributed by atoms with E-state index in [9.17, 15) is 18.4 Å². The van der Waals surface area contributed by atoms with Crippen LogP contribution in [0.25, 0.3) is 5.65 Å². The quantitative estimate of drug-likeness (QED) is 0.474. The van der Waals surface area contributed by atoms with Crippen LogP contribution in [-0.2, 0) is 6.61 Å². The zero-order valence-corrected chi connectivity index (χ0v) is 18.8. The second-order valence-electron chi connectivity index (χ2n) is 8.12. The molecule has 10 heteroatoms. The fourth-order valence-electron chi connectivity index (χ4n) is 3.46. The number of imidazole rings is 1. The van der Waals surface area contributed by atoms with Crippen molar-refractivity contribution < 1.29 is 28.2 Å². The molecule has 0 aliphatic heterocycles. The smallest absolute Gasteiger partial charge is 0.404 e. The lowest BCUT2D eigenvalue weighted by Gasteiger charge is -2.21. The van der Waals surface area contributed by atoms with Gasteiger partial charge < -0.3 is 20.5 Å². The van der Waals surface area contributed by atoms with Gasteiger partial charge in [-0.15, -0.1) is 0 Å². The van der Waals surface area contributed by atoms with Crippen molar-refractivity contribution in [3.63, 3.8) is 0 Å². The highest BCUT2D eigenvalue weighted by Crippen LogP contribution is 2.26. The van der Waals surface area contributed by atoms with Crippen LogP contribution in [0.3, 0.4) is 0 Å². The van der Waals surface area contributed by atoms with Crippen molar-refractivity contribution in [1.29, 1.82) is 0 Å². The summed E-state index contributed by atoms with van der Waals surface area (Å²) in [6, 6.07) is 4.78. The number of halogens is 2. The summed E-state index contributed by atoms with van der Waals surface area (Å²) in [5.41, 5.74) is 1.54. The summed E-state index contributed by atoms with van der Waals surface area (Å²) in [4.78, 5) is 28.4. The van der Waals surface area contributed by atoms with Gasteiger partial charge >= 0.3 is 6.09 Å². The number of nitrogens with zero attached hydrogens (tertiary/aromatic N) is 2. The van der Waals surface area contributed by atoms with Gasteiger partial charge in [0.2, 0.25) is 0 Å². The van der Waals surface area contributed by atoms with E-state index in [1.807, 2.05) is 13.8 Å². The van der Waals surface area contributed by atoms with Gasteiger partial charge in [0.05, 0.1) is 17.3 Å². The Morgan fingerprint density at radius 2 is 1.88 bits per heavy atom. The highest BCUT2D eigenvalue weighted by molar-refractivity contribution is 5.95. The summed E-state index contributed by atoms with van der Waals surface area (Å²) in [6.07, 6.45) is 0.536. The number of hydrogen-bond acceptors (Lipinski definition) is 4. The molecule has 3 aromatic rings. The highest BCUT2D eigenvalue weighted by atomic mass is 19.1. The number of aromatic nitrogens is 2. The third-order valence-electron chi connectivity index (χ3n) is 5.24. The number of amides is 2. The Kier molecular flexibility index (Phi) is 7.15. The molecule has 1 aromatic carbocycles. The number of fused-ring (bicyclic) bond motifs is 1. The van der Waals surface area contributed by atoms with E-state index in [2.05, 4.69) is 15.6 Å². The maximum Gasteiger partial charge on any atom is 0.404 e. The number of carbonyl (C=O) groups excluding carboxylic acids is 1. The zero-order chi connectivity index (χ0) is 24.3. The number of hydrogen-bond donors (Lipinski definition) is 3. The number of aryl methyl sites for hydroxylation is 2. The molecule has 2 heterocycles. The standard InChI is InChI=1S/C23H26F2N4O4/c1-12(2)18(28-23(31)32)9-26-22(30)20-14(4)27-21-19(8-13(3)10-29(20)21)33-11-15-16(24)6-5-7-17(15)25/h5-8,10,12,18,28H,9,11H2,1-4H3,(H,26,30)(H,31,32). The summed E-state index contributed by atoms with van der Waals surface area (Å²) in [7, 11) is 0. The average Bonchev–Trinajstić information content (AvgIpc) is 3.05. The lowest BCUT2D eigenvalue weighted by molar-refractivity contribution is 0.0938. The summed E-state index contributed by atoms with van der Waals surface area (Å²) in [6.45, 7) is 6.89. The van der Waals surface area contributed by atoms with Gasteiger partial charge in [-0.2, -0.15) is 0 Å². The first-order valence-corrected chi connectivity index (χ1v) is 10.4. The Balaban J connectivity index is 1.87. The molecule has 1 unspecified atom stereocenters. The van der Waals surface area contributed by atoms with Crippen LogP contribution in [0, 0.1) is 31.4 Å². The zero-order valence-electron chi connectivity index (χ0n) is 18.8. The highest BCUT2D eigenvalue weighted by Gasteiger charge is 2.22. The molecule has 2 amide bonds. The van der Waals surface area contributed by atoms with Crippen molar-refractivity contribution >= 4 is 17.6 Å². The summed E-state index contributed by atoms with van der Waals surface area (Å²) < 4.78 is 35.2. The first kappa shape index (κ1) is 24.0. The Labute approximate surface area is 189 Å². The van der Waals surface area contributed by atoms with E-state index in [1.165, 1.54) is 6.07 Å². The molecule has 2 aromatic heterocycles. The number of rotatable bonds is 8. The Bertz CT molecular complexity index is 1170. The Morgan fingerprint density at radius 3 is 2.48 bits per heavy atom. The van der Waals surface area contributed by atoms with Crippen LogP contribution in [0.1, 0.15) is 41.2 Å². The monoisotopic (exact) mass is 460 g/mol. The van der Waals surface area contributed by atoms with Gasteiger partial charge in [-0.25, -0.2) is 18.6 Å². The second-order valence-corrected chi connectivity index (χ2v) is 8.12. The molecule has 0 saturated heterocycles. The first-order chi connectivity index (χ1) is 15.6. The van der Waals surface area contributed by atoms with E-state index in [4.69, 9.17) is 9.84 Å². The second kappa shape index (κ2) is 9.85. The molecule has 3 N–H and O–H groups in total. The number of ether oxygens (including phenoxy) is 1. The van der Waals surface area contributed by atoms with Gasteiger partial charge in [-0.1, -0.05) is 19.9 Å². The van der Waals surface area contributed by atoms with Crippen LogP contribution in [0.2, 0.25) is 0 Å². The minimum Gasteiger partial charge on any atom is -0.485 e. The maximum absolute atomic E-state index is 14.0. The van der Waals surface area contributed by atoms with E-state index in [0.29, 0.717) is 11.3 Å². The molecule has 0 bridgehead atoms. The van der Waals surface area contributed by atoms with Crippen molar-refractivity contribution in [1.82, 2.24) is 20.0 Å². The average molecular weight is 460 g/mol. The SMILES string of the molecule is Cc1cc(OCc2c(F)cccc2F)c2nc(C)c(C(=O)NCC(NC(=O)O)C(C)C)n2c1. The molecule has 0 fully saturated rings. The van der Waals surface area contributed by atoms with Crippen molar-refractivity contribution in [2.75, 3.05) is 6.54 Å². The summed E-state index contributed by atoms with van der Waals surface area (Å²) in [5, 5.41) is 14.1. The van der Waals surface area contributed by atoms with Crippen LogP contribution in [0.4, 0.5) is 13.6 Å². The van der Waals surface area contributed by atoms with E-state index < -0.39 is 29.7 Å². The molecular weight excluding hydrogens is 434 g/mol. The van der Waals surface area contributed by atoms with Crippen molar-refractivity contribution in [2.24, 2.45) is 5.92 Å². The Morgan fingerprint density at radius 1 is 1.21 bits per heavy atom. The Hall–Kier alpha value is -3.69. The van der Waals surface area contributed by atoms with Crippen LogP contribution in [-0.4, -0.2) is 39.1 Å². The van der Waals surface area contributed by atoms with Gasteiger partial charge in [0, 0.05) is 12.7 Å². The molecular formula is C23H26F2N4O4. The fraction of sp³-hybridized carbons (Fsp3) is 0.348. The summed E-state index contributed by atoms with van der Waals surface area (Å²) in [5.74, 6) is -1.63. The minimum atomic E-state index is -1.17. The van der Waals surface area contributed by atoms with Crippen molar-refractivity contribution in [3.8, 4) is 5.75 Å². The molecule has 0 saturated carbocycles. The largest absolute Gasteiger partial charge is 0.485 e. The minimum absolute atomic E-state index is 0.0364. The molecule has 0 radical (unpaired) electrons. The van der Waals surface area contributed by atoms with E-state index in [-0.39, 0.29) is 36.1 Å². The summed E-state index contributed by atoms with van der Waals surface area (Å²) >= 11 is 0. The molecule has 176 valence electrons. The molecule has 3 rings (SSSR count). The van der Waals surface area contributed by atoms with Gasteiger partial charge in [0.25, 0.3) is 5.91 Å². The molecule has 1 atom stereocenters. The van der Waals surface area contributed by atoms with Gasteiger partial charge in [0.15, 0.2) is 11.4 Å². The van der Waals surface area contributed by atoms with E-state index in [0.717, 1.165) is 17.7 Å². The van der Waals surface area contributed by atoms with Gasteiger partial charge in [0.1, 0.15) is 23.9 Å². The van der Waals surface area contributed by atoms with Crippen LogP contribution in [0.15, 0.2) is 30.5 Å². The van der Waals surface area contributed by atoms with Crippen LogP contribution < -0.4 is 15.4 Å². The molecule has 0 aliphatic carbocycles. The van der Waals surface area contributed by atoms with Crippen molar-refractivity contribution in [2.45, 2.75) is 40.3 Å². The molecule has 33 heavy (non-hydrogen) atoms. The number of pyridine rings is 1. The predicted molar refractivity (Wildman–Crippen MR) is 117 cm³/mol. The molecule has 0 spiro atoms. The lowest BCUT2D eigenvalue weighted by Crippen LogP contribution is -2.46. The van der Waals surface area contributed by atoms with E-state index in [1.54, 1.807) is 30.5 Å². The third kappa shape index (κ3) is 5.39. The topological polar surface area (TPSA) is 105 Å². The van der Waals surface area contributed by atoms with E-state index >= 15 is 0 Å². The molecule has 8 nitrogen and oxygen atoms in total.